The molecule has 0 spiro atoms. The lowest BCUT2D eigenvalue weighted by Gasteiger charge is -2.19. The van der Waals surface area contributed by atoms with E-state index >= 15 is 0 Å². The number of hydrogen-bond acceptors (Lipinski definition) is 7. The fourth-order valence-corrected chi connectivity index (χ4v) is 1.02. The lowest BCUT2D eigenvalue weighted by Crippen LogP contribution is -2.43. The van der Waals surface area contributed by atoms with Crippen LogP contribution >= 0.6 is 0 Å². The average Bonchev–Trinajstić information content (AvgIpc) is 2.24. The highest BCUT2D eigenvalue weighted by molar-refractivity contribution is 5.97. The molecule has 0 aromatic rings. The van der Waals surface area contributed by atoms with Crippen LogP contribution in [0.25, 0.3) is 0 Å². The summed E-state index contributed by atoms with van der Waals surface area (Å²) in [5.41, 5.74) is -2.93. The van der Waals surface area contributed by atoms with Crippen molar-refractivity contribution >= 4 is 29.8 Å². The summed E-state index contributed by atoms with van der Waals surface area (Å²) in [6.45, 7) is 0. The first-order valence-electron chi connectivity index (χ1n) is 4.90. The van der Waals surface area contributed by atoms with Crippen molar-refractivity contribution in [3.05, 3.63) is 12.2 Å². The Morgan fingerprint density at radius 2 is 1.50 bits per heavy atom. The molecule has 0 radical (unpaired) electrons. The molecule has 10 heteroatoms. The van der Waals surface area contributed by atoms with Crippen molar-refractivity contribution < 1.29 is 49.1 Å². The van der Waals surface area contributed by atoms with Gasteiger partial charge in [-0.3, -0.25) is 9.59 Å². The summed E-state index contributed by atoms with van der Waals surface area (Å²) in [5.74, 6) is -8.07. The largest absolute Gasteiger partial charge is 0.481 e. The quantitative estimate of drug-likeness (QED) is 0.242. The molecular formula is C10H10O10. The standard InChI is InChI=1S/C10H10O10/c11-5(12)1-2-7(15)20-8(16)4-10(19,9(17)18)3-6(13)14/h1-2,19H,3-4H2,(H,11,12)(H,13,14)(H,17,18). The van der Waals surface area contributed by atoms with Crippen LogP contribution in [0.1, 0.15) is 12.8 Å². The van der Waals surface area contributed by atoms with Crippen molar-refractivity contribution in [1.82, 2.24) is 0 Å². The third-order valence-corrected chi connectivity index (χ3v) is 1.85. The van der Waals surface area contributed by atoms with Crippen LogP contribution in [0, 0.1) is 0 Å². The maximum atomic E-state index is 11.2. The summed E-state index contributed by atoms with van der Waals surface area (Å²) in [4.78, 5) is 53.2. The highest BCUT2D eigenvalue weighted by Gasteiger charge is 2.41. The molecule has 0 aromatic carbocycles. The Hall–Kier alpha value is -2.75. The monoisotopic (exact) mass is 290 g/mol. The summed E-state index contributed by atoms with van der Waals surface area (Å²) in [7, 11) is 0. The molecule has 0 aliphatic rings. The van der Waals surface area contributed by atoms with Crippen molar-refractivity contribution in [3.63, 3.8) is 0 Å². The smallest absolute Gasteiger partial charge is 0.338 e. The number of esters is 2. The number of ether oxygens (including phenoxy) is 1. The van der Waals surface area contributed by atoms with E-state index < -0.39 is 48.3 Å². The Bertz CT molecular complexity index is 476. The van der Waals surface area contributed by atoms with E-state index in [0.717, 1.165) is 0 Å². The van der Waals surface area contributed by atoms with Gasteiger partial charge in [-0.1, -0.05) is 0 Å². The van der Waals surface area contributed by atoms with Gasteiger partial charge in [-0.25, -0.2) is 14.4 Å². The Morgan fingerprint density at radius 1 is 0.950 bits per heavy atom. The van der Waals surface area contributed by atoms with Crippen molar-refractivity contribution in [2.24, 2.45) is 0 Å². The van der Waals surface area contributed by atoms with E-state index in [9.17, 15) is 29.1 Å². The molecule has 0 bridgehead atoms. The normalized spacial score (nSPS) is 13.4. The van der Waals surface area contributed by atoms with Gasteiger partial charge in [0.25, 0.3) is 0 Å². The molecule has 110 valence electrons. The SMILES string of the molecule is O=C(O)C=CC(=O)OC(=O)CC(O)(CC(=O)O)C(=O)O. The van der Waals surface area contributed by atoms with Crippen LogP contribution in [0.3, 0.4) is 0 Å². The van der Waals surface area contributed by atoms with Crippen LogP contribution in [-0.2, 0) is 28.7 Å². The third kappa shape index (κ3) is 6.26. The second-order valence-corrected chi connectivity index (χ2v) is 3.55. The number of hydrogen-bond donors (Lipinski definition) is 4. The van der Waals surface area contributed by atoms with Gasteiger partial charge >= 0.3 is 29.8 Å². The Balaban J connectivity index is 4.71. The Morgan fingerprint density at radius 3 is 1.90 bits per heavy atom. The first-order chi connectivity index (χ1) is 9.06. The van der Waals surface area contributed by atoms with Gasteiger partial charge in [0.15, 0.2) is 5.60 Å². The second-order valence-electron chi connectivity index (χ2n) is 3.55. The molecule has 0 fully saturated rings. The summed E-state index contributed by atoms with van der Waals surface area (Å²) in [6.07, 6.45) is -1.81. The molecule has 4 N–H and O–H groups in total. The molecular weight excluding hydrogens is 280 g/mol. The highest BCUT2D eigenvalue weighted by atomic mass is 16.6. The van der Waals surface area contributed by atoms with Gasteiger partial charge in [-0.15, -0.1) is 0 Å². The Kier molecular flexibility index (Phi) is 6.03. The van der Waals surface area contributed by atoms with Crippen molar-refractivity contribution in [2.75, 3.05) is 0 Å². The lowest BCUT2D eigenvalue weighted by molar-refractivity contribution is -0.173. The maximum absolute atomic E-state index is 11.2. The van der Waals surface area contributed by atoms with E-state index in [2.05, 4.69) is 4.74 Å². The van der Waals surface area contributed by atoms with Gasteiger partial charge in [0.1, 0.15) is 0 Å². The van der Waals surface area contributed by atoms with Crippen LogP contribution < -0.4 is 0 Å². The predicted octanol–water partition coefficient (Wildman–Crippen LogP) is -1.62. The van der Waals surface area contributed by atoms with Gasteiger partial charge < -0.3 is 25.2 Å². The zero-order valence-corrected chi connectivity index (χ0v) is 9.81. The molecule has 1 unspecified atom stereocenters. The van der Waals surface area contributed by atoms with Crippen LogP contribution in [0.2, 0.25) is 0 Å². The molecule has 0 saturated carbocycles. The molecule has 20 heavy (non-hydrogen) atoms. The zero-order chi connectivity index (χ0) is 15.9. The van der Waals surface area contributed by atoms with Crippen LogP contribution in [0.4, 0.5) is 0 Å². The molecule has 0 aliphatic heterocycles. The maximum Gasteiger partial charge on any atom is 0.338 e. The first kappa shape index (κ1) is 17.2. The van der Waals surface area contributed by atoms with E-state index in [0.29, 0.717) is 12.2 Å². The number of carboxylic acid groups (broad SMARTS) is 3. The number of rotatable bonds is 7. The molecule has 0 saturated heterocycles. The number of aliphatic carboxylic acids is 3. The van der Waals surface area contributed by atoms with Gasteiger partial charge in [0.05, 0.1) is 12.8 Å². The number of carboxylic acids is 3. The average molecular weight is 290 g/mol. The van der Waals surface area contributed by atoms with Crippen molar-refractivity contribution in [3.8, 4) is 0 Å². The van der Waals surface area contributed by atoms with Crippen molar-refractivity contribution in [1.29, 1.82) is 0 Å². The minimum atomic E-state index is -2.93. The molecule has 0 aromatic heterocycles. The molecule has 0 rings (SSSR count). The summed E-state index contributed by atoms with van der Waals surface area (Å²) >= 11 is 0. The van der Waals surface area contributed by atoms with Crippen molar-refractivity contribution in [2.45, 2.75) is 18.4 Å². The number of carbonyl (C=O) groups excluding carboxylic acids is 2. The van der Waals surface area contributed by atoms with E-state index in [1.807, 2.05) is 0 Å². The Labute approximate surface area is 110 Å². The molecule has 0 amide bonds. The fourth-order valence-electron chi connectivity index (χ4n) is 1.02. The minimum absolute atomic E-state index is 0.371. The number of aliphatic hydroxyl groups is 1. The molecule has 10 nitrogen and oxygen atoms in total. The van der Waals surface area contributed by atoms with E-state index in [-0.39, 0.29) is 0 Å². The molecule has 0 heterocycles. The topological polar surface area (TPSA) is 175 Å². The van der Waals surface area contributed by atoms with Crippen LogP contribution in [0.5, 0.6) is 0 Å². The summed E-state index contributed by atoms with van der Waals surface area (Å²) < 4.78 is 3.98. The van der Waals surface area contributed by atoms with Gasteiger partial charge in [0, 0.05) is 12.2 Å². The van der Waals surface area contributed by atoms with E-state index in [1.165, 1.54) is 0 Å². The van der Waals surface area contributed by atoms with Gasteiger partial charge in [-0.05, 0) is 0 Å². The molecule has 0 aliphatic carbocycles. The van der Waals surface area contributed by atoms with E-state index in [4.69, 9.17) is 15.3 Å². The minimum Gasteiger partial charge on any atom is -0.481 e. The van der Waals surface area contributed by atoms with E-state index in [1.54, 1.807) is 0 Å². The predicted molar refractivity (Wildman–Crippen MR) is 57.3 cm³/mol. The summed E-state index contributed by atoms with van der Waals surface area (Å²) in [6, 6.07) is 0. The molecule has 1 atom stereocenters. The van der Waals surface area contributed by atoms with Crippen LogP contribution in [-0.4, -0.2) is 55.9 Å². The third-order valence-electron chi connectivity index (χ3n) is 1.85. The fraction of sp³-hybridized carbons (Fsp3) is 0.300. The lowest BCUT2D eigenvalue weighted by atomic mass is 9.96. The number of carbonyl (C=O) groups is 5. The highest BCUT2D eigenvalue weighted by Crippen LogP contribution is 2.17. The summed E-state index contributed by atoms with van der Waals surface area (Å²) in [5, 5.41) is 34.7. The van der Waals surface area contributed by atoms with Gasteiger partial charge in [0.2, 0.25) is 0 Å². The van der Waals surface area contributed by atoms with Crippen LogP contribution in [0.15, 0.2) is 12.2 Å². The first-order valence-corrected chi connectivity index (χ1v) is 4.90. The zero-order valence-electron chi connectivity index (χ0n) is 9.81. The van der Waals surface area contributed by atoms with Gasteiger partial charge in [-0.2, -0.15) is 0 Å². The second kappa shape index (κ2) is 6.99.